The van der Waals surface area contributed by atoms with E-state index in [9.17, 15) is 9.59 Å². The van der Waals surface area contributed by atoms with Crippen LogP contribution in [-0.2, 0) is 9.59 Å². The van der Waals surface area contributed by atoms with E-state index in [2.05, 4.69) is 20.8 Å². The molecule has 2 heteroatoms. The predicted octanol–water partition coefficient (Wildman–Crippen LogP) is 4.97. The Morgan fingerprint density at radius 3 is 2.62 bits per heavy atom. The van der Waals surface area contributed by atoms with Crippen molar-refractivity contribution >= 4 is 12.1 Å². The van der Waals surface area contributed by atoms with Crippen molar-refractivity contribution < 1.29 is 9.59 Å². The van der Waals surface area contributed by atoms with Gasteiger partial charge in [-0.3, -0.25) is 4.79 Å². The second-order valence-corrected chi connectivity index (χ2v) is 9.69. The van der Waals surface area contributed by atoms with E-state index < -0.39 is 0 Å². The molecular weight excluding hydrogens is 296 g/mol. The van der Waals surface area contributed by atoms with Crippen molar-refractivity contribution in [3.63, 3.8) is 0 Å². The molecule has 2 nitrogen and oxygen atoms in total. The van der Waals surface area contributed by atoms with E-state index >= 15 is 0 Å². The first-order valence-corrected chi connectivity index (χ1v) is 10.1. The molecule has 0 aliphatic heterocycles. The summed E-state index contributed by atoms with van der Waals surface area (Å²) in [6, 6.07) is 0. The van der Waals surface area contributed by atoms with Gasteiger partial charge in [-0.1, -0.05) is 26.3 Å². The van der Waals surface area contributed by atoms with Gasteiger partial charge in [0.05, 0.1) is 0 Å². The zero-order chi connectivity index (χ0) is 17.1. The zero-order valence-corrected chi connectivity index (χ0v) is 15.5. The van der Waals surface area contributed by atoms with Crippen LogP contribution in [0.2, 0.25) is 0 Å². The minimum Gasteiger partial charge on any atom is -0.303 e. The van der Waals surface area contributed by atoms with E-state index in [1.165, 1.54) is 44.0 Å². The molecule has 24 heavy (non-hydrogen) atoms. The van der Waals surface area contributed by atoms with Crippen LogP contribution in [0.15, 0.2) is 11.6 Å². The quantitative estimate of drug-likeness (QED) is 0.671. The number of hydrogen-bond donors (Lipinski definition) is 0. The van der Waals surface area contributed by atoms with E-state index in [0.29, 0.717) is 17.1 Å². The van der Waals surface area contributed by atoms with Gasteiger partial charge in [-0.25, -0.2) is 0 Å². The summed E-state index contributed by atoms with van der Waals surface area (Å²) < 4.78 is 0. The Bertz CT molecular complexity index is 591. The highest BCUT2D eigenvalue weighted by atomic mass is 16.1. The molecule has 0 aromatic rings. The molecule has 4 rings (SSSR count). The molecule has 0 N–H and O–H groups in total. The fourth-order valence-corrected chi connectivity index (χ4v) is 7.56. The lowest BCUT2D eigenvalue weighted by atomic mass is 9.46. The summed E-state index contributed by atoms with van der Waals surface area (Å²) in [5.41, 5.74) is 2.09. The Kier molecular flexibility index (Phi) is 3.82. The summed E-state index contributed by atoms with van der Waals surface area (Å²) in [5, 5.41) is 0. The van der Waals surface area contributed by atoms with Crippen molar-refractivity contribution in [1.82, 2.24) is 0 Å². The summed E-state index contributed by atoms with van der Waals surface area (Å²) in [6.07, 6.45) is 12.5. The summed E-state index contributed by atoms with van der Waals surface area (Å²) in [4.78, 5) is 23.3. The lowest BCUT2D eigenvalue weighted by molar-refractivity contribution is -0.118. The number of carbonyl (C=O) groups is 2. The number of fused-ring (bicyclic) bond motifs is 5. The Hall–Kier alpha value is -0.920. The molecule has 7 atom stereocenters. The predicted molar refractivity (Wildman–Crippen MR) is 95.4 cm³/mol. The Morgan fingerprint density at radius 1 is 1.08 bits per heavy atom. The minimum atomic E-state index is 0.207. The fourth-order valence-electron chi connectivity index (χ4n) is 7.56. The van der Waals surface area contributed by atoms with Crippen LogP contribution < -0.4 is 0 Å². The molecule has 0 aromatic carbocycles. The Balaban J connectivity index is 1.65. The normalized spacial score (nSPS) is 48.8. The SMILES string of the molecule is C[C@@H](C=O)[C@H]1CC[C@H]2C3CCC4=CC(=O)CC[C@]4(C)[C@H]3CC[C@]12C. The monoisotopic (exact) mass is 328 g/mol. The highest BCUT2D eigenvalue weighted by Crippen LogP contribution is 2.67. The lowest BCUT2D eigenvalue weighted by Crippen LogP contribution is -2.51. The maximum absolute atomic E-state index is 11.9. The zero-order valence-electron chi connectivity index (χ0n) is 15.5. The first kappa shape index (κ1) is 16.5. The van der Waals surface area contributed by atoms with Crippen LogP contribution in [0.4, 0.5) is 0 Å². The van der Waals surface area contributed by atoms with Gasteiger partial charge < -0.3 is 4.79 Å². The summed E-state index contributed by atoms with van der Waals surface area (Å²) >= 11 is 0. The number of aldehydes is 1. The van der Waals surface area contributed by atoms with Crippen LogP contribution in [0.25, 0.3) is 0 Å². The van der Waals surface area contributed by atoms with E-state index in [-0.39, 0.29) is 11.3 Å². The van der Waals surface area contributed by atoms with Crippen molar-refractivity contribution in [2.24, 2.45) is 40.4 Å². The topological polar surface area (TPSA) is 34.1 Å². The van der Waals surface area contributed by atoms with Crippen molar-refractivity contribution in [3.05, 3.63) is 11.6 Å². The standard InChI is InChI=1S/C22H32O2/c1-14(13-23)18-6-7-19-17-5-4-15-12-16(24)8-10-21(15,2)20(17)9-11-22(18,19)3/h12-14,17-20H,4-11H2,1-3H3/t14-,17?,18+,19-,20-,21-,22+/m0/s1. The Labute approximate surface area is 146 Å². The molecule has 0 amide bonds. The molecule has 0 spiro atoms. The molecule has 0 aromatic heterocycles. The van der Waals surface area contributed by atoms with E-state index in [4.69, 9.17) is 0 Å². The average molecular weight is 328 g/mol. The first-order chi connectivity index (χ1) is 11.4. The van der Waals surface area contributed by atoms with Crippen LogP contribution in [0.3, 0.4) is 0 Å². The second kappa shape index (κ2) is 5.54. The minimum absolute atomic E-state index is 0.207. The number of rotatable bonds is 2. The van der Waals surface area contributed by atoms with Crippen molar-refractivity contribution in [2.45, 2.75) is 72.1 Å². The van der Waals surface area contributed by atoms with Gasteiger partial charge in [0.25, 0.3) is 0 Å². The fraction of sp³-hybridized carbons (Fsp3) is 0.818. The highest BCUT2D eigenvalue weighted by Gasteiger charge is 2.59. The largest absolute Gasteiger partial charge is 0.303 e. The van der Waals surface area contributed by atoms with Crippen LogP contribution in [0.1, 0.15) is 72.1 Å². The number of carbonyl (C=O) groups excluding carboxylic acids is 2. The van der Waals surface area contributed by atoms with E-state index in [1.54, 1.807) is 0 Å². The van der Waals surface area contributed by atoms with E-state index in [0.717, 1.165) is 37.0 Å². The molecule has 1 unspecified atom stereocenters. The first-order valence-electron chi connectivity index (χ1n) is 10.1. The van der Waals surface area contributed by atoms with E-state index in [1.807, 2.05) is 6.08 Å². The summed E-state index contributed by atoms with van der Waals surface area (Å²) in [6.45, 7) is 7.07. The van der Waals surface area contributed by atoms with Crippen molar-refractivity contribution in [1.29, 1.82) is 0 Å². The molecule has 0 radical (unpaired) electrons. The maximum atomic E-state index is 11.9. The van der Waals surface area contributed by atoms with Gasteiger partial charge in [0.2, 0.25) is 0 Å². The van der Waals surface area contributed by atoms with Crippen LogP contribution in [0, 0.1) is 40.4 Å². The van der Waals surface area contributed by atoms with Gasteiger partial charge in [0, 0.05) is 12.3 Å². The smallest absolute Gasteiger partial charge is 0.155 e. The molecule has 0 heterocycles. The highest BCUT2D eigenvalue weighted by molar-refractivity contribution is 5.91. The van der Waals surface area contributed by atoms with Crippen molar-refractivity contribution in [2.75, 3.05) is 0 Å². The lowest BCUT2D eigenvalue weighted by Gasteiger charge is -2.58. The van der Waals surface area contributed by atoms with Gasteiger partial charge in [0.15, 0.2) is 5.78 Å². The number of hydrogen-bond acceptors (Lipinski definition) is 2. The van der Waals surface area contributed by atoms with Gasteiger partial charge >= 0.3 is 0 Å². The van der Waals surface area contributed by atoms with Crippen molar-refractivity contribution in [3.8, 4) is 0 Å². The average Bonchev–Trinajstić information content (AvgIpc) is 2.92. The third-order valence-electron chi connectivity index (χ3n) is 8.88. The molecule has 0 bridgehead atoms. The molecule has 0 saturated heterocycles. The van der Waals surface area contributed by atoms with Gasteiger partial charge in [0.1, 0.15) is 6.29 Å². The Morgan fingerprint density at radius 2 is 1.88 bits per heavy atom. The van der Waals surface area contributed by atoms with Gasteiger partial charge in [-0.2, -0.15) is 0 Å². The third-order valence-corrected chi connectivity index (χ3v) is 8.88. The third kappa shape index (κ3) is 2.14. The van der Waals surface area contributed by atoms with Crippen LogP contribution in [0.5, 0.6) is 0 Å². The second-order valence-electron chi connectivity index (χ2n) is 9.69. The number of allylic oxidation sites excluding steroid dienone is 1. The summed E-state index contributed by atoms with van der Waals surface area (Å²) in [5.74, 6) is 3.50. The maximum Gasteiger partial charge on any atom is 0.155 e. The molecule has 3 fully saturated rings. The van der Waals surface area contributed by atoms with Crippen LogP contribution >= 0.6 is 0 Å². The molecular formula is C22H32O2. The summed E-state index contributed by atoms with van der Waals surface area (Å²) in [7, 11) is 0. The van der Waals surface area contributed by atoms with Gasteiger partial charge in [-0.15, -0.1) is 0 Å². The number of ketones is 1. The molecule has 3 saturated carbocycles. The molecule has 4 aliphatic carbocycles. The van der Waals surface area contributed by atoms with Crippen LogP contribution in [-0.4, -0.2) is 12.1 Å². The van der Waals surface area contributed by atoms with Gasteiger partial charge in [-0.05, 0) is 85.5 Å². The molecule has 132 valence electrons. The molecule has 4 aliphatic rings.